The van der Waals surface area contributed by atoms with Crippen molar-refractivity contribution >= 4 is 28.3 Å². The highest BCUT2D eigenvalue weighted by molar-refractivity contribution is 6.30. The van der Waals surface area contributed by atoms with Crippen LogP contribution in [0.5, 0.6) is 0 Å². The van der Waals surface area contributed by atoms with E-state index in [1.54, 1.807) is 30.3 Å². The van der Waals surface area contributed by atoms with E-state index >= 15 is 0 Å². The lowest BCUT2D eigenvalue weighted by Gasteiger charge is -2.12. The minimum absolute atomic E-state index is 0.173. The van der Waals surface area contributed by atoms with Crippen LogP contribution in [0.25, 0.3) is 22.3 Å². The van der Waals surface area contributed by atoms with E-state index in [0.29, 0.717) is 33.9 Å². The normalized spacial score (nSPS) is 10.9. The molecule has 0 saturated heterocycles. The van der Waals surface area contributed by atoms with E-state index in [2.05, 4.69) is 15.3 Å². The molecule has 4 nitrogen and oxygen atoms in total. The maximum absolute atomic E-state index is 13.9. The highest BCUT2D eigenvalue weighted by Crippen LogP contribution is 2.27. The first-order valence-electron chi connectivity index (χ1n) is 8.37. The van der Waals surface area contributed by atoms with E-state index < -0.39 is 5.82 Å². The minimum atomic E-state index is -0.434. The van der Waals surface area contributed by atoms with Gasteiger partial charge in [-0.05, 0) is 48.0 Å². The minimum Gasteiger partial charge on any atom is -0.380 e. The maximum Gasteiger partial charge on any atom is 0.275 e. The van der Waals surface area contributed by atoms with Gasteiger partial charge in [-0.15, -0.1) is 0 Å². The maximum atomic E-state index is 13.9. The van der Waals surface area contributed by atoms with Gasteiger partial charge in [0.05, 0.1) is 11.0 Å². The molecule has 1 aromatic heterocycles. The Morgan fingerprint density at radius 2 is 1.81 bits per heavy atom. The van der Waals surface area contributed by atoms with Crippen molar-refractivity contribution in [2.45, 2.75) is 6.54 Å². The molecule has 4 rings (SSSR count). The summed E-state index contributed by atoms with van der Waals surface area (Å²) in [5.41, 5.74) is 3.13. The number of nitrogens with one attached hydrogen (secondary N) is 2. The molecule has 2 N–H and O–H groups in total. The van der Waals surface area contributed by atoms with E-state index in [-0.39, 0.29) is 11.3 Å². The molecule has 0 bridgehead atoms. The van der Waals surface area contributed by atoms with Crippen molar-refractivity contribution in [3.05, 3.63) is 93.5 Å². The summed E-state index contributed by atoms with van der Waals surface area (Å²) in [6.45, 7) is 0.501. The SMILES string of the molecule is O=c1[nH]c2ccccc2nc1-c1cc(F)ccc1NCc1ccc(Cl)cc1. The summed E-state index contributed by atoms with van der Waals surface area (Å²) < 4.78 is 13.9. The lowest BCUT2D eigenvalue weighted by atomic mass is 10.1. The zero-order valence-corrected chi connectivity index (χ0v) is 14.9. The summed E-state index contributed by atoms with van der Waals surface area (Å²) in [6, 6.07) is 18.9. The van der Waals surface area contributed by atoms with Crippen molar-refractivity contribution in [2.24, 2.45) is 0 Å². The number of para-hydroxylation sites is 2. The second-order valence-corrected chi connectivity index (χ2v) is 6.54. The Hall–Kier alpha value is -3.18. The van der Waals surface area contributed by atoms with Crippen molar-refractivity contribution in [1.82, 2.24) is 9.97 Å². The quantitative estimate of drug-likeness (QED) is 0.525. The smallest absolute Gasteiger partial charge is 0.275 e. The Morgan fingerprint density at radius 3 is 2.63 bits per heavy atom. The molecule has 6 heteroatoms. The number of aromatic nitrogens is 2. The Morgan fingerprint density at radius 1 is 1.04 bits per heavy atom. The monoisotopic (exact) mass is 379 g/mol. The van der Waals surface area contributed by atoms with Crippen LogP contribution in [-0.2, 0) is 6.54 Å². The average Bonchev–Trinajstić information content (AvgIpc) is 2.68. The first-order chi connectivity index (χ1) is 13.1. The van der Waals surface area contributed by atoms with Gasteiger partial charge in [0.1, 0.15) is 11.5 Å². The van der Waals surface area contributed by atoms with Gasteiger partial charge >= 0.3 is 0 Å². The van der Waals surface area contributed by atoms with Crippen molar-refractivity contribution < 1.29 is 4.39 Å². The predicted molar refractivity (Wildman–Crippen MR) is 107 cm³/mol. The van der Waals surface area contributed by atoms with Crippen LogP contribution >= 0.6 is 11.6 Å². The molecule has 0 aliphatic heterocycles. The number of anilines is 1. The molecule has 1 heterocycles. The zero-order chi connectivity index (χ0) is 18.8. The van der Waals surface area contributed by atoms with Crippen LogP contribution < -0.4 is 10.9 Å². The lowest BCUT2D eigenvalue weighted by Crippen LogP contribution is -2.13. The molecule has 134 valence electrons. The number of hydrogen-bond acceptors (Lipinski definition) is 3. The van der Waals surface area contributed by atoms with Gasteiger partial charge in [0, 0.05) is 22.8 Å². The van der Waals surface area contributed by atoms with Gasteiger partial charge in [-0.2, -0.15) is 0 Å². The molecule has 0 fully saturated rings. The highest BCUT2D eigenvalue weighted by atomic mass is 35.5. The third kappa shape index (κ3) is 3.68. The van der Waals surface area contributed by atoms with Gasteiger partial charge < -0.3 is 10.3 Å². The Labute approximate surface area is 159 Å². The molecule has 0 amide bonds. The second-order valence-electron chi connectivity index (χ2n) is 6.10. The summed E-state index contributed by atoms with van der Waals surface area (Å²) >= 11 is 5.91. The average molecular weight is 380 g/mol. The second kappa shape index (κ2) is 7.21. The first-order valence-corrected chi connectivity index (χ1v) is 8.75. The van der Waals surface area contributed by atoms with Gasteiger partial charge in [-0.3, -0.25) is 4.79 Å². The number of H-pyrrole nitrogens is 1. The summed E-state index contributed by atoms with van der Waals surface area (Å²) in [6.07, 6.45) is 0. The van der Waals surface area contributed by atoms with Crippen LogP contribution in [-0.4, -0.2) is 9.97 Å². The number of hydrogen-bond donors (Lipinski definition) is 2. The Balaban J connectivity index is 1.74. The van der Waals surface area contributed by atoms with Crippen molar-refractivity contribution in [3.63, 3.8) is 0 Å². The fourth-order valence-corrected chi connectivity index (χ4v) is 3.00. The number of rotatable bonds is 4. The summed E-state index contributed by atoms with van der Waals surface area (Å²) in [5, 5.41) is 3.91. The van der Waals surface area contributed by atoms with Crippen LogP contribution in [0.1, 0.15) is 5.56 Å². The first kappa shape index (κ1) is 17.2. The largest absolute Gasteiger partial charge is 0.380 e. The van der Waals surface area contributed by atoms with Crippen LogP contribution in [0.15, 0.2) is 71.5 Å². The van der Waals surface area contributed by atoms with Crippen molar-refractivity contribution in [3.8, 4) is 11.3 Å². The van der Waals surface area contributed by atoms with Gasteiger partial charge in [-0.1, -0.05) is 35.9 Å². The van der Waals surface area contributed by atoms with Gasteiger partial charge in [0.2, 0.25) is 0 Å². The predicted octanol–water partition coefficient (Wildman–Crippen LogP) is 4.99. The number of halogens is 2. The molecule has 0 aliphatic carbocycles. The zero-order valence-electron chi connectivity index (χ0n) is 14.2. The third-order valence-corrected chi connectivity index (χ3v) is 4.48. The Kier molecular flexibility index (Phi) is 4.60. The Bertz CT molecular complexity index is 1170. The van der Waals surface area contributed by atoms with Gasteiger partial charge in [-0.25, -0.2) is 9.37 Å². The van der Waals surface area contributed by atoms with E-state index in [1.807, 2.05) is 24.3 Å². The summed E-state index contributed by atoms with van der Waals surface area (Å²) in [4.78, 5) is 19.8. The molecule has 0 spiro atoms. The lowest BCUT2D eigenvalue weighted by molar-refractivity contribution is 0.628. The summed E-state index contributed by atoms with van der Waals surface area (Å²) in [5.74, 6) is -0.434. The topological polar surface area (TPSA) is 57.8 Å². The van der Waals surface area contributed by atoms with Crippen molar-refractivity contribution in [2.75, 3.05) is 5.32 Å². The molecule has 0 radical (unpaired) electrons. The fraction of sp³-hybridized carbons (Fsp3) is 0.0476. The van der Waals surface area contributed by atoms with Crippen LogP contribution in [0.2, 0.25) is 5.02 Å². The van der Waals surface area contributed by atoms with Crippen LogP contribution in [0.4, 0.5) is 10.1 Å². The molecular weight excluding hydrogens is 365 g/mol. The van der Waals surface area contributed by atoms with E-state index in [9.17, 15) is 9.18 Å². The number of benzene rings is 3. The van der Waals surface area contributed by atoms with E-state index in [1.165, 1.54) is 12.1 Å². The third-order valence-electron chi connectivity index (χ3n) is 4.23. The molecule has 4 aromatic rings. The molecule has 0 atom stereocenters. The fourth-order valence-electron chi connectivity index (χ4n) is 2.88. The summed E-state index contributed by atoms with van der Waals surface area (Å²) in [7, 11) is 0. The van der Waals surface area contributed by atoms with E-state index in [0.717, 1.165) is 5.56 Å². The van der Waals surface area contributed by atoms with Gasteiger partial charge in [0.15, 0.2) is 0 Å². The molecule has 27 heavy (non-hydrogen) atoms. The molecule has 3 aromatic carbocycles. The van der Waals surface area contributed by atoms with Crippen molar-refractivity contribution in [1.29, 1.82) is 0 Å². The number of aromatic amines is 1. The molecule has 0 unspecified atom stereocenters. The van der Waals surface area contributed by atoms with Gasteiger partial charge in [0.25, 0.3) is 5.56 Å². The molecular formula is C21H15ClFN3O. The number of nitrogens with zero attached hydrogens (tertiary/aromatic N) is 1. The highest BCUT2D eigenvalue weighted by Gasteiger charge is 2.13. The molecule has 0 saturated carbocycles. The molecule has 0 aliphatic rings. The number of fused-ring (bicyclic) bond motifs is 1. The van der Waals surface area contributed by atoms with E-state index in [4.69, 9.17) is 11.6 Å². The van der Waals surface area contributed by atoms with Crippen LogP contribution in [0, 0.1) is 5.82 Å². The standard InChI is InChI=1S/C21H15ClFN3O/c22-14-7-5-13(6-8-14)12-24-17-10-9-15(23)11-16(17)20-21(27)26-19-4-2-1-3-18(19)25-20/h1-11,24H,12H2,(H,26,27). The van der Waals surface area contributed by atoms with Crippen LogP contribution in [0.3, 0.4) is 0 Å².